The first kappa shape index (κ1) is 22.5. The van der Waals surface area contributed by atoms with Gasteiger partial charge in [0.15, 0.2) is 0 Å². The normalized spacial score (nSPS) is 10.1. The van der Waals surface area contributed by atoms with Crippen molar-refractivity contribution in [1.29, 1.82) is 5.26 Å². The van der Waals surface area contributed by atoms with E-state index in [1.54, 1.807) is 53.4 Å². The predicted molar refractivity (Wildman–Crippen MR) is 120 cm³/mol. The number of urea groups is 1. The van der Waals surface area contributed by atoms with Gasteiger partial charge in [0, 0.05) is 31.7 Å². The molecule has 2 N–H and O–H groups in total. The Bertz CT molecular complexity index is 1090. The molecule has 0 aliphatic rings. The lowest BCUT2D eigenvalue weighted by molar-refractivity contribution is -0.132. The maximum absolute atomic E-state index is 13.6. The second-order valence-corrected chi connectivity index (χ2v) is 7.19. The Kier molecular flexibility index (Phi) is 7.93. The zero-order valence-corrected chi connectivity index (χ0v) is 17.4. The fourth-order valence-electron chi connectivity index (χ4n) is 3.13. The van der Waals surface area contributed by atoms with Gasteiger partial charge >= 0.3 is 6.03 Å². The predicted octanol–water partition coefficient (Wildman–Crippen LogP) is 4.44. The molecule has 0 spiro atoms. The largest absolute Gasteiger partial charge is 0.337 e. The summed E-state index contributed by atoms with van der Waals surface area (Å²) in [6, 6.07) is 23.7. The summed E-state index contributed by atoms with van der Waals surface area (Å²) in [6.45, 7) is 0.689. The highest BCUT2D eigenvalue weighted by Gasteiger charge is 2.15. The van der Waals surface area contributed by atoms with Crippen LogP contribution in [0.5, 0.6) is 0 Å². The van der Waals surface area contributed by atoms with Crippen LogP contribution in [0.1, 0.15) is 23.1 Å². The van der Waals surface area contributed by atoms with Gasteiger partial charge in [0.25, 0.3) is 0 Å². The minimum Gasteiger partial charge on any atom is -0.337 e. The van der Waals surface area contributed by atoms with Gasteiger partial charge in [0.05, 0.1) is 11.6 Å². The zero-order chi connectivity index (χ0) is 22.8. The first-order chi connectivity index (χ1) is 15.5. The molecule has 0 radical (unpaired) electrons. The van der Waals surface area contributed by atoms with E-state index in [1.807, 2.05) is 18.2 Å². The molecule has 0 aromatic heterocycles. The highest BCUT2D eigenvalue weighted by molar-refractivity contribution is 5.89. The van der Waals surface area contributed by atoms with Crippen molar-refractivity contribution in [2.45, 2.75) is 19.5 Å². The monoisotopic (exact) mass is 430 g/mol. The van der Waals surface area contributed by atoms with Crippen LogP contribution in [0.3, 0.4) is 0 Å². The van der Waals surface area contributed by atoms with Crippen molar-refractivity contribution in [2.75, 3.05) is 11.9 Å². The Morgan fingerprint density at radius 1 is 0.906 bits per heavy atom. The molecule has 32 heavy (non-hydrogen) atoms. The van der Waals surface area contributed by atoms with Crippen LogP contribution in [0, 0.1) is 17.1 Å². The van der Waals surface area contributed by atoms with Crippen molar-refractivity contribution in [1.82, 2.24) is 10.2 Å². The molecule has 162 valence electrons. The average Bonchev–Trinajstić information content (AvgIpc) is 2.80. The van der Waals surface area contributed by atoms with Crippen molar-refractivity contribution in [3.05, 3.63) is 101 Å². The molecule has 0 heterocycles. The van der Waals surface area contributed by atoms with E-state index >= 15 is 0 Å². The maximum Gasteiger partial charge on any atom is 0.319 e. The van der Waals surface area contributed by atoms with Crippen LogP contribution >= 0.6 is 0 Å². The summed E-state index contributed by atoms with van der Waals surface area (Å²) in [7, 11) is 0. The van der Waals surface area contributed by atoms with E-state index in [2.05, 4.69) is 16.7 Å². The Morgan fingerprint density at radius 2 is 1.62 bits per heavy atom. The molecule has 6 nitrogen and oxygen atoms in total. The molecule has 0 aliphatic carbocycles. The summed E-state index contributed by atoms with van der Waals surface area (Å²) in [5, 5.41) is 14.3. The third-order valence-corrected chi connectivity index (χ3v) is 4.73. The van der Waals surface area contributed by atoms with Gasteiger partial charge in [0.2, 0.25) is 5.91 Å². The van der Waals surface area contributed by atoms with Gasteiger partial charge in [-0.2, -0.15) is 5.26 Å². The van der Waals surface area contributed by atoms with Crippen LogP contribution in [-0.4, -0.2) is 23.4 Å². The molecule has 0 unspecified atom stereocenters. The van der Waals surface area contributed by atoms with Crippen LogP contribution < -0.4 is 10.6 Å². The Hall–Kier alpha value is -4.18. The smallest absolute Gasteiger partial charge is 0.319 e. The van der Waals surface area contributed by atoms with Crippen molar-refractivity contribution in [3.8, 4) is 6.07 Å². The lowest BCUT2D eigenvalue weighted by Gasteiger charge is -2.23. The number of anilines is 1. The first-order valence-electron chi connectivity index (χ1n) is 10.1. The topological polar surface area (TPSA) is 85.2 Å². The number of para-hydroxylation sites is 1. The average molecular weight is 430 g/mol. The van der Waals surface area contributed by atoms with Gasteiger partial charge in [-0.1, -0.05) is 42.5 Å². The first-order valence-corrected chi connectivity index (χ1v) is 10.1. The number of nitrogens with zero attached hydrogens (tertiary/aromatic N) is 2. The fourth-order valence-corrected chi connectivity index (χ4v) is 3.13. The van der Waals surface area contributed by atoms with Gasteiger partial charge in [-0.15, -0.1) is 0 Å². The fraction of sp³-hybridized carbons (Fsp3) is 0.160. The number of carbonyl (C=O) groups excluding carboxylic acids is 2. The van der Waals surface area contributed by atoms with Crippen LogP contribution in [0.25, 0.3) is 0 Å². The van der Waals surface area contributed by atoms with E-state index in [1.165, 1.54) is 12.1 Å². The van der Waals surface area contributed by atoms with E-state index in [0.717, 1.165) is 5.56 Å². The third-order valence-electron chi connectivity index (χ3n) is 4.73. The van der Waals surface area contributed by atoms with Crippen LogP contribution in [0.15, 0.2) is 78.9 Å². The Morgan fingerprint density at radius 3 is 2.31 bits per heavy atom. The summed E-state index contributed by atoms with van der Waals surface area (Å²) in [4.78, 5) is 26.5. The number of hydrogen-bond donors (Lipinski definition) is 2. The summed E-state index contributed by atoms with van der Waals surface area (Å²) in [5.74, 6) is -0.550. The molecule has 0 fully saturated rings. The molecule has 0 saturated heterocycles. The molecular weight excluding hydrogens is 407 g/mol. The molecule has 0 saturated carbocycles. The molecular formula is C25H23FN4O2. The summed E-state index contributed by atoms with van der Waals surface area (Å²) in [5.41, 5.74) is 2.71. The number of carbonyl (C=O) groups is 2. The zero-order valence-electron chi connectivity index (χ0n) is 17.4. The van der Waals surface area contributed by atoms with E-state index in [9.17, 15) is 14.0 Å². The van der Waals surface area contributed by atoms with E-state index in [4.69, 9.17) is 5.26 Å². The number of nitriles is 1. The van der Waals surface area contributed by atoms with Crippen LogP contribution in [0.4, 0.5) is 14.9 Å². The SMILES string of the molecule is N#Cc1ccc(CN(Cc2cccc(F)c2)C(=O)CCNC(=O)Nc2ccccc2)cc1. The highest BCUT2D eigenvalue weighted by atomic mass is 19.1. The Labute approximate surface area is 186 Å². The number of benzene rings is 3. The second-order valence-electron chi connectivity index (χ2n) is 7.19. The van der Waals surface area contributed by atoms with Gasteiger partial charge in [-0.25, -0.2) is 9.18 Å². The van der Waals surface area contributed by atoms with Gasteiger partial charge in [-0.3, -0.25) is 4.79 Å². The number of halogens is 1. The van der Waals surface area contributed by atoms with E-state index in [-0.39, 0.29) is 31.2 Å². The van der Waals surface area contributed by atoms with Gasteiger partial charge < -0.3 is 15.5 Å². The number of nitrogens with one attached hydrogen (secondary N) is 2. The molecule has 3 rings (SSSR count). The quantitative estimate of drug-likeness (QED) is 0.554. The molecule has 3 aromatic rings. The van der Waals surface area contributed by atoms with E-state index in [0.29, 0.717) is 23.4 Å². The van der Waals surface area contributed by atoms with Crippen molar-refractivity contribution in [2.24, 2.45) is 0 Å². The maximum atomic E-state index is 13.6. The minimum absolute atomic E-state index is 0.0911. The molecule has 3 amide bonds. The van der Waals surface area contributed by atoms with Gasteiger partial charge in [-0.05, 0) is 47.5 Å². The molecule has 3 aromatic carbocycles. The standard InChI is InChI=1S/C25H23FN4O2/c26-22-6-4-5-21(15-22)18-30(17-20-11-9-19(16-27)10-12-20)24(31)13-14-28-25(32)29-23-7-2-1-3-8-23/h1-12,15H,13-14,17-18H2,(H2,28,29,32). The number of hydrogen-bond acceptors (Lipinski definition) is 3. The van der Waals surface area contributed by atoms with Gasteiger partial charge in [0.1, 0.15) is 5.82 Å². The number of rotatable bonds is 8. The van der Waals surface area contributed by atoms with Crippen molar-refractivity contribution < 1.29 is 14.0 Å². The molecule has 7 heteroatoms. The second kappa shape index (κ2) is 11.3. The van der Waals surface area contributed by atoms with Crippen molar-refractivity contribution in [3.63, 3.8) is 0 Å². The summed E-state index contributed by atoms with van der Waals surface area (Å²) >= 11 is 0. The molecule has 0 aliphatic heterocycles. The molecule has 0 bridgehead atoms. The highest BCUT2D eigenvalue weighted by Crippen LogP contribution is 2.14. The lowest BCUT2D eigenvalue weighted by atomic mass is 10.1. The van der Waals surface area contributed by atoms with Crippen LogP contribution in [0.2, 0.25) is 0 Å². The Balaban J connectivity index is 1.61. The lowest BCUT2D eigenvalue weighted by Crippen LogP contribution is -2.35. The summed E-state index contributed by atoms with van der Waals surface area (Å²) < 4.78 is 13.6. The number of amides is 3. The minimum atomic E-state index is -0.396. The van der Waals surface area contributed by atoms with E-state index < -0.39 is 6.03 Å². The third kappa shape index (κ3) is 6.96. The molecule has 0 atom stereocenters. The van der Waals surface area contributed by atoms with Crippen LogP contribution in [-0.2, 0) is 17.9 Å². The van der Waals surface area contributed by atoms with Crippen molar-refractivity contribution >= 4 is 17.6 Å². The summed E-state index contributed by atoms with van der Waals surface area (Å²) in [6.07, 6.45) is 0.0911.